The SMILES string of the molecule is O=CC(C1CCCCC1)C(F)(F)F. The first kappa shape index (κ1) is 10.5. The molecule has 0 spiro atoms. The number of carbonyl (C=O) groups excluding carboxylic acids is 1. The van der Waals surface area contributed by atoms with Crippen LogP contribution in [0.15, 0.2) is 0 Å². The average Bonchev–Trinajstić information content (AvgIpc) is 2.05. The topological polar surface area (TPSA) is 17.1 Å². The second-order valence-electron chi connectivity index (χ2n) is 3.60. The lowest BCUT2D eigenvalue weighted by Crippen LogP contribution is -2.32. The summed E-state index contributed by atoms with van der Waals surface area (Å²) in [5.74, 6) is -2.20. The van der Waals surface area contributed by atoms with E-state index in [0.29, 0.717) is 12.8 Å². The molecule has 0 heterocycles. The number of halogens is 3. The van der Waals surface area contributed by atoms with Crippen LogP contribution in [-0.2, 0) is 4.79 Å². The third-order valence-corrected chi connectivity index (χ3v) is 2.68. The summed E-state index contributed by atoms with van der Waals surface area (Å²) in [4.78, 5) is 10.3. The highest BCUT2D eigenvalue weighted by atomic mass is 19.4. The Balaban J connectivity index is 2.59. The van der Waals surface area contributed by atoms with Gasteiger partial charge in [-0.2, -0.15) is 13.2 Å². The lowest BCUT2D eigenvalue weighted by Gasteiger charge is -2.27. The normalized spacial score (nSPS) is 22.7. The van der Waals surface area contributed by atoms with Gasteiger partial charge in [-0.3, -0.25) is 0 Å². The monoisotopic (exact) mass is 194 g/mol. The van der Waals surface area contributed by atoms with Gasteiger partial charge >= 0.3 is 6.18 Å². The van der Waals surface area contributed by atoms with E-state index in [-0.39, 0.29) is 6.29 Å². The van der Waals surface area contributed by atoms with Gasteiger partial charge < -0.3 is 4.79 Å². The maximum atomic E-state index is 12.3. The summed E-state index contributed by atoms with van der Waals surface area (Å²) in [6.07, 6.45) is -0.540. The lowest BCUT2D eigenvalue weighted by atomic mass is 9.80. The first-order chi connectivity index (χ1) is 6.05. The van der Waals surface area contributed by atoms with Crippen molar-refractivity contribution in [2.75, 3.05) is 0 Å². The molecule has 1 saturated carbocycles. The van der Waals surface area contributed by atoms with Crippen molar-refractivity contribution in [2.24, 2.45) is 11.8 Å². The van der Waals surface area contributed by atoms with Gasteiger partial charge in [0, 0.05) is 0 Å². The highest BCUT2D eigenvalue weighted by Crippen LogP contribution is 2.38. The molecule has 0 bridgehead atoms. The van der Waals surface area contributed by atoms with Crippen LogP contribution in [0, 0.1) is 11.8 Å². The van der Waals surface area contributed by atoms with E-state index in [0.717, 1.165) is 19.3 Å². The van der Waals surface area contributed by atoms with E-state index >= 15 is 0 Å². The zero-order chi connectivity index (χ0) is 9.90. The fourth-order valence-corrected chi connectivity index (χ4v) is 1.95. The van der Waals surface area contributed by atoms with Gasteiger partial charge in [-0.15, -0.1) is 0 Å². The van der Waals surface area contributed by atoms with Gasteiger partial charge in [-0.25, -0.2) is 0 Å². The highest BCUT2D eigenvalue weighted by Gasteiger charge is 2.44. The lowest BCUT2D eigenvalue weighted by molar-refractivity contribution is -0.187. The fourth-order valence-electron chi connectivity index (χ4n) is 1.95. The molecule has 0 N–H and O–H groups in total. The van der Waals surface area contributed by atoms with Gasteiger partial charge in [-0.1, -0.05) is 19.3 Å². The van der Waals surface area contributed by atoms with Crippen LogP contribution in [-0.4, -0.2) is 12.5 Å². The highest BCUT2D eigenvalue weighted by molar-refractivity contribution is 5.55. The summed E-state index contributed by atoms with van der Waals surface area (Å²) < 4.78 is 36.8. The molecule has 0 amide bonds. The van der Waals surface area contributed by atoms with Gasteiger partial charge in [0.15, 0.2) is 0 Å². The molecule has 1 rings (SSSR count). The second kappa shape index (κ2) is 4.11. The molecule has 76 valence electrons. The molecule has 0 aromatic carbocycles. The predicted molar refractivity (Wildman–Crippen MR) is 42.2 cm³/mol. The Morgan fingerprint density at radius 3 is 2.08 bits per heavy atom. The van der Waals surface area contributed by atoms with Gasteiger partial charge in [0.2, 0.25) is 0 Å². The minimum absolute atomic E-state index is 0.0655. The van der Waals surface area contributed by atoms with E-state index in [4.69, 9.17) is 0 Å². The van der Waals surface area contributed by atoms with Crippen molar-refractivity contribution in [3.05, 3.63) is 0 Å². The summed E-state index contributed by atoms with van der Waals surface area (Å²) in [5.41, 5.74) is 0. The zero-order valence-electron chi connectivity index (χ0n) is 7.31. The van der Waals surface area contributed by atoms with Gasteiger partial charge in [-0.05, 0) is 18.8 Å². The molecule has 1 fully saturated rings. The minimum atomic E-state index is -4.34. The Kier molecular flexibility index (Phi) is 3.33. The zero-order valence-corrected chi connectivity index (χ0v) is 7.31. The van der Waals surface area contributed by atoms with Crippen LogP contribution >= 0.6 is 0 Å². The Morgan fingerprint density at radius 1 is 1.15 bits per heavy atom. The summed E-state index contributed by atoms with van der Waals surface area (Å²) in [7, 11) is 0. The molecule has 0 aromatic rings. The van der Waals surface area contributed by atoms with Crippen molar-refractivity contribution in [2.45, 2.75) is 38.3 Å². The number of alkyl halides is 3. The molecule has 4 heteroatoms. The molecule has 0 saturated heterocycles. The quantitative estimate of drug-likeness (QED) is 0.617. The van der Waals surface area contributed by atoms with E-state index in [1.807, 2.05) is 0 Å². The number of aldehydes is 1. The van der Waals surface area contributed by atoms with Crippen LogP contribution < -0.4 is 0 Å². The molecule has 1 aliphatic carbocycles. The number of rotatable bonds is 2. The van der Waals surface area contributed by atoms with Crippen LogP contribution in [0.1, 0.15) is 32.1 Å². The van der Waals surface area contributed by atoms with E-state index in [9.17, 15) is 18.0 Å². The summed E-state index contributed by atoms with van der Waals surface area (Å²) in [6.45, 7) is 0. The average molecular weight is 194 g/mol. The fraction of sp³-hybridized carbons (Fsp3) is 0.889. The van der Waals surface area contributed by atoms with Crippen LogP contribution in [0.2, 0.25) is 0 Å². The smallest absolute Gasteiger partial charge is 0.303 e. The van der Waals surface area contributed by atoms with Crippen LogP contribution in [0.4, 0.5) is 13.2 Å². The third kappa shape index (κ3) is 2.71. The Bertz CT molecular complexity index is 170. The standard InChI is InChI=1S/C9H13F3O/c10-9(11,12)8(6-13)7-4-2-1-3-5-7/h6-8H,1-5H2. The molecule has 0 aliphatic heterocycles. The predicted octanol–water partition coefficient (Wildman–Crippen LogP) is 2.94. The number of carbonyl (C=O) groups is 1. The first-order valence-electron chi connectivity index (χ1n) is 4.57. The Labute approximate surface area is 75.3 Å². The van der Waals surface area contributed by atoms with Crippen LogP contribution in [0.25, 0.3) is 0 Å². The molecular weight excluding hydrogens is 181 g/mol. The van der Waals surface area contributed by atoms with Crippen molar-refractivity contribution in [1.82, 2.24) is 0 Å². The Morgan fingerprint density at radius 2 is 1.69 bits per heavy atom. The maximum absolute atomic E-state index is 12.3. The molecule has 13 heavy (non-hydrogen) atoms. The Hall–Kier alpha value is -0.540. The van der Waals surface area contributed by atoms with Gasteiger partial charge in [0.1, 0.15) is 12.2 Å². The molecule has 0 aromatic heterocycles. The van der Waals surface area contributed by atoms with Crippen molar-refractivity contribution in [3.8, 4) is 0 Å². The second-order valence-corrected chi connectivity index (χ2v) is 3.60. The summed E-state index contributed by atoms with van der Waals surface area (Å²) in [5, 5.41) is 0. The first-order valence-corrected chi connectivity index (χ1v) is 4.57. The summed E-state index contributed by atoms with van der Waals surface area (Å²) in [6, 6.07) is 0. The molecule has 1 atom stereocenters. The number of hydrogen-bond acceptors (Lipinski definition) is 1. The van der Waals surface area contributed by atoms with Crippen molar-refractivity contribution < 1.29 is 18.0 Å². The van der Waals surface area contributed by atoms with Crippen molar-refractivity contribution in [1.29, 1.82) is 0 Å². The van der Waals surface area contributed by atoms with Crippen molar-refractivity contribution >= 4 is 6.29 Å². The van der Waals surface area contributed by atoms with E-state index in [1.165, 1.54) is 0 Å². The molecule has 1 nitrogen and oxygen atoms in total. The molecule has 1 aliphatic rings. The van der Waals surface area contributed by atoms with Gasteiger partial charge in [0.25, 0.3) is 0 Å². The van der Waals surface area contributed by atoms with E-state index in [2.05, 4.69) is 0 Å². The van der Waals surface area contributed by atoms with E-state index < -0.39 is 18.0 Å². The van der Waals surface area contributed by atoms with Gasteiger partial charge in [0.05, 0.1) is 0 Å². The molecule has 1 unspecified atom stereocenters. The van der Waals surface area contributed by atoms with Crippen LogP contribution in [0.3, 0.4) is 0 Å². The third-order valence-electron chi connectivity index (χ3n) is 2.68. The van der Waals surface area contributed by atoms with E-state index in [1.54, 1.807) is 0 Å². The number of hydrogen-bond donors (Lipinski definition) is 0. The molecular formula is C9H13F3O. The minimum Gasteiger partial charge on any atom is -0.303 e. The van der Waals surface area contributed by atoms with Crippen molar-refractivity contribution in [3.63, 3.8) is 0 Å². The van der Waals surface area contributed by atoms with Crippen LogP contribution in [0.5, 0.6) is 0 Å². The molecule has 0 radical (unpaired) electrons. The summed E-state index contributed by atoms with van der Waals surface area (Å²) >= 11 is 0. The largest absolute Gasteiger partial charge is 0.398 e. The maximum Gasteiger partial charge on any atom is 0.398 e.